The number of fused-ring (bicyclic) bond motifs is 6. The van der Waals surface area contributed by atoms with Gasteiger partial charge in [0.05, 0.1) is 5.41 Å². The number of nitrogens with zero attached hydrogens (tertiary/aromatic N) is 1. The molecule has 0 N–H and O–H groups in total. The molecule has 268 valence electrons. The fraction of sp³-hybridized carbons (Fsp3) is 0.0182. The van der Waals surface area contributed by atoms with Gasteiger partial charge in [0.1, 0.15) is 11.2 Å². The first-order valence-electron chi connectivity index (χ1n) is 19.6. The Bertz CT molecular complexity index is 2960. The van der Waals surface area contributed by atoms with Gasteiger partial charge in [0.15, 0.2) is 0 Å². The van der Waals surface area contributed by atoms with E-state index in [1.54, 1.807) is 0 Å². The Hall–Kier alpha value is -7.42. The van der Waals surface area contributed by atoms with Crippen LogP contribution in [0.1, 0.15) is 22.3 Å². The quantitative estimate of drug-likeness (QED) is 0.163. The Morgan fingerprint density at radius 1 is 0.333 bits per heavy atom. The first-order valence-corrected chi connectivity index (χ1v) is 19.6. The number of furan rings is 1. The fourth-order valence-corrected chi connectivity index (χ4v) is 9.22. The van der Waals surface area contributed by atoms with Crippen LogP contribution in [0.25, 0.3) is 55.3 Å². The largest absolute Gasteiger partial charge is 0.455 e. The highest BCUT2D eigenvalue weighted by molar-refractivity contribution is 6.11. The van der Waals surface area contributed by atoms with E-state index >= 15 is 0 Å². The molecule has 2 heteroatoms. The van der Waals surface area contributed by atoms with Gasteiger partial charge in [0.2, 0.25) is 0 Å². The van der Waals surface area contributed by atoms with Crippen LogP contribution in [-0.4, -0.2) is 0 Å². The standard InChI is InChI=1S/C55H37NO/c1-5-17-41(18-6-1)55(42-19-7-2-8-20-42)51-27-15-13-25-46(51)47-34-31-39(37-52(47)55)49-35-40(36-50-48-26-14-16-28-53(48)57-54(49)50)38-29-32-45(33-30-38)56(43-21-9-3-10-22-43)44-23-11-4-12-24-44/h1-37H. The summed E-state index contributed by atoms with van der Waals surface area (Å²) in [5.41, 5.74) is 16.7. The number of para-hydroxylation sites is 3. The van der Waals surface area contributed by atoms with E-state index in [4.69, 9.17) is 4.42 Å². The van der Waals surface area contributed by atoms with E-state index in [1.165, 1.54) is 33.4 Å². The maximum atomic E-state index is 6.77. The molecule has 0 unspecified atom stereocenters. The van der Waals surface area contributed by atoms with Crippen molar-refractivity contribution in [3.63, 3.8) is 0 Å². The van der Waals surface area contributed by atoms with Crippen molar-refractivity contribution < 1.29 is 4.42 Å². The topological polar surface area (TPSA) is 16.4 Å². The summed E-state index contributed by atoms with van der Waals surface area (Å²) in [5.74, 6) is 0. The highest BCUT2D eigenvalue weighted by atomic mass is 16.3. The fourth-order valence-electron chi connectivity index (χ4n) is 9.22. The first kappa shape index (κ1) is 33.0. The minimum atomic E-state index is -0.492. The van der Waals surface area contributed by atoms with Crippen LogP contribution in [0, 0.1) is 0 Å². The average Bonchev–Trinajstić information content (AvgIpc) is 3.81. The van der Waals surface area contributed by atoms with Gasteiger partial charge in [-0.2, -0.15) is 0 Å². The highest BCUT2D eigenvalue weighted by Crippen LogP contribution is 2.57. The Labute approximate surface area is 332 Å². The zero-order valence-electron chi connectivity index (χ0n) is 31.2. The van der Waals surface area contributed by atoms with Gasteiger partial charge in [0, 0.05) is 33.4 Å². The van der Waals surface area contributed by atoms with Crippen molar-refractivity contribution in [3.05, 3.63) is 247 Å². The molecule has 0 aliphatic heterocycles. The van der Waals surface area contributed by atoms with Gasteiger partial charge in [0.25, 0.3) is 0 Å². The Morgan fingerprint density at radius 2 is 0.860 bits per heavy atom. The number of hydrogen-bond acceptors (Lipinski definition) is 2. The number of rotatable bonds is 7. The third kappa shape index (κ3) is 5.26. The lowest BCUT2D eigenvalue weighted by Crippen LogP contribution is -2.28. The number of hydrogen-bond donors (Lipinski definition) is 0. The molecule has 0 atom stereocenters. The van der Waals surface area contributed by atoms with Gasteiger partial charge < -0.3 is 9.32 Å². The van der Waals surface area contributed by atoms with Crippen molar-refractivity contribution in [2.45, 2.75) is 5.41 Å². The molecule has 1 aliphatic carbocycles. The molecule has 0 fully saturated rings. The zero-order chi connectivity index (χ0) is 37.8. The minimum absolute atomic E-state index is 0.492. The summed E-state index contributed by atoms with van der Waals surface area (Å²) in [6.07, 6.45) is 0. The maximum absolute atomic E-state index is 6.77. The lowest BCUT2D eigenvalue weighted by atomic mass is 9.67. The van der Waals surface area contributed by atoms with Crippen LogP contribution in [0.4, 0.5) is 17.1 Å². The van der Waals surface area contributed by atoms with Gasteiger partial charge >= 0.3 is 0 Å². The van der Waals surface area contributed by atoms with Gasteiger partial charge in [-0.25, -0.2) is 0 Å². The van der Waals surface area contributed by atoms with E-state index in [1.807, 2.05) is 0 Å². The highest BCUT2D eigenvalue weighted by Gasteiger charge is 2.46. The Kier molecular flexibility index (Phi) is 7.75. The van der Waals surface area contributed by atoms with E-state index in [0.717, 1.165) is 61.3 Å². The Morgan fingerprint density at radius 3 is 1.53 bits per heavy atom. The smallest absolute Gasteiger partial charge is 0.143 e. The molecule has 0 radical (unpaired) electrons. The average molecular weight is 728 g/mol. The second-order valence-electron chi connectivity index (χ2n) is 14.8. The van der Waals surface area contributed by atoms with E-state index in [9.17, 15) is 0 Å². The molecule has 1 heterocycles. The normalized spacial score (nSPS) is 12.7. The molecular weight excluding hydrogens is 691 g/mol. The third-order valence-corrected chi connectivity index (χ3v) is 11.7. The molecule has 57 heavy (non-hydrogen) atoms. The van der Waals surface area contributed by atoms with E-state index < -0.39 is 5.41 Å². The molecular formula is C55H37NO. The van der Waals surface area contributed by atoms with Crippen LogP contribution in [0.15, 0.2) is 229 Å². The molecule has 11 rings (SSSR count). The molecule has 2 nitrogen and oxygen atoms in total. The molecule has 9 aromatic carbocycles. The van der Waals surface area contributed by atoms with Gasteiger partial charge in [-0.15, -0.1) is 0 Å². The molecule has 0 spiro atoms. The van der Waals surface area contributed by atoms with E-state index in [0.29, 0.717) is 0 Å². The minimum Gasteiger partial charge on any atom is -0.455 e. The van der Waals surface area contributed by atoms with Crippen molar-refractivity contribution in [2.75, 3.05) is 4.90 Å². The molecule has 0 amide bonds. The number of anilines is 3. The Balaban J connectivity index is 1.11. The van der Waals surface area contributed by atoms with Crippen molar-refractivity contribution in [3.8, 4) is 33.4 Å². The van der Waals surface area contributed by atoms with Crippen LogP contribution in [-0.2, 0) is 5.41 Å². The maximum Gasteiger partial charge on any atom is 0.143 e. The summed E-state index contributed by atoms with van der Waals surface area (Å²) in [7, 11) is 0. The lowest BCUT2D eigenvalue weighted by Gasteiger charge is -2.34. The SMILES string of the molecule is c1ccc(N(c2ccccc2)c2ccc(-c3cc(-c4ccc5c(c4)C(c4ccccc4)(c4ccccc4)c4ccccc4-5)c4oc5ccccc5c4c3)cc2)cc1. The monoisotopic (exact) mass is 727 g/mol. The molecule has 0 saturated carbocycles. The second kappa shape index (κ2) is 13.4. The molecule has 1 aromatic heterocycles. The van der Waals surface area contributed by atoms with Gasteiger partial charge in [-0.05, 0) is 111 Å². The summed E-state index contributed by atoms with van der Waals surface area (Å²) in [5, 5.41) is 2.22. The summed E-state index contributed by atoms with van der Waals surface area (Å²) >= 11 is 0. The van der Waals surface area contributed by atoms with Crippen LogP contribution in [0.5, 0.6) is 0 Å². The zero-order valence-corrected chi connectivity index (χ0v) is 31.2. The van der Waals surface area contributed by atoms with Crippen LogP contribution >= 0.6 is 0 Å². The molecule has 0 bridgehead atoms. The van der Waals surface area contributed by atoms with Crippen molar-refractivity contribution in [1.82, 2.24) is 0 Å². The molecule has 10 aromatic rings. The predicted molar refractivity (Wildman–Crippen MR) is 237 cm³/mol. The van der Waals surface area contributed by atoms with Gasteiger partial charge in [-0.1, -0.05) is 164 Å². The van der Waals surface area contributed by atoms with E-state index in [2.05, 4.69) is 229 Å². The lowest BCUT2D eigenvalue weighted by molar-refractivity contribution is 0.670. The van der Waals surface area contributed by atoms with Crippen LogP contribution in [0.3, 0.4) is 0 Å². The van der Waals surface area contributed by atoms with Crippen molar-refractivity contribution in [1.29, 1.82) is 0 Å². The van der Waals surface area contributed by atoms with Crippen molar-refractivity contribution in [2.24, 2.45) is 0 Å². The van der Waals surface area contributed by atoms with Gasteiger partial charge in [-0.3, -0.25) is 0 Å². The molecule has 0 saturated heterocycles. The summed E-state index contributed by atoms with van der Waals surface area (Å²) in [6.45, 7) is 0. The van der Waals surface area contributed by atoms with Crippen LogP contribution in [0.2, 0.25) is 0 Å². The van der Waals surface area contributed by atoms with E-state index in [-0.39, 0.29) is 0 Å². The first-order chi connectivity index (χ1) is 28.3. The third-order valence-electron chi connectivity index (χ3n) is 11.7. The summed E-state index contributed by atoms with van der Waals surface area (Å²) in [4.78, 5) is 2.30. The number of benzene rings is 9. The van der Waals surface area contributed by atoms with Crippen molar-refractivity contribution >= 4 is 39.0 Å². The molecule has 1 aliphatic rings. The summed E-state index contributed by atoms with van der Waals surface area (Å²) < 4.78 is 6.77. The van der Waals surface area contributed by atoms with Crippen LogP contribution < -0.4 is 4.90 Å². The second-order valence-corrected chi connectivity index (χ2v) is 14.8. The summed E-state index contributed by atoms with van der Waals surface area (Å²) in [6, 6.07) is 81.1. The predicted octanol–water partition coefficient (Wildman–Crippen LogP) is 14.8.